The Kier molecular flexibility index (Phi) is 3.84. The van der Waals surface area contributed by atoms with Crippen LogP contribution in [0.15, 0.2) is 40.2 Å². The molecule has 7 nitrogen and oxygen atoms in total. The van der Waals surface area contributed by atoms with E-state index in [1.165, 1.54) is 23.5 Å². The highest BCUT2D eigenvalue weighted by atomic mass is 32.1. The van der Waals surface area contributed by atoms with Crippen molar-refractivity contribution in [2.24, 2.45) is 0 Å². The Balaban J connectivity index is 1.73. The summed E-state index contributed by atoms with van der Waals surface area (Å²) >= 11 is 1.53. The van der Waals surface area contributed by atoms with E-state index in [1.54, 1.807) is 6.07 Å². The molecule has 2 aromatic heterocycles. The molecule has 0 saturated carbocycles. The van der Waals surface area contributed by atoms with Gasteiger partial charge in [0.05, 0.1) is 16.3 Å². The highest BCUT2D eigenvalue weighted by Crippen LogP contribution is 2.24. The summed E-state index contributed by atoms with van der Waals surface area (Å²) < 4.78 is 5.18. The minimum absolute atomic E-state index is 0.0397. The zero-order valence-corrected chi connectivity index (χ0v) is 12.5. The van der Waals surface area contributed by atoms with Crippen molar-refractivity contribution >= 4 is 22.7 Å². The minimum atomic E-state index is -0.424. The molecule has 0 aliphatic heterocycles. The molecule has 22 heavy (non-hydrogen) atoms. The summed E-state index contributed by atoms with van der Waals surface area (Å²) in [6, 6.07) is 8.50. The molecule has 0 radical (unpaired) electrons. The fourth-order valence-corrected chi connectivity index (χ4v) is 2.57. The third-order valence-electron chi connectivity index (χ3n) is 3.07. The molecule has 0 aliphatic rings. The number of nitrogens with zero attached hydrogens (tertiary/aromatic N) is 3. The molecule has 0 fully saturated rings. The van der Waals surface area contributed by atoms with Crippen molar-refractivity contribution in [1.29, 1.82) is 0 Å². The van der Waals surface area contributed by atoms with Crippen LogP contribution < -0.4 is 5.32 Å². The highest BCUT2D eigenvalue weighted by molar-refractivity contribution is 7.13. The Morgan fingerprint density at radius 1 is 1.41 bits per heavy atom. The first-order valence-corrected chi connectivity index (χ1v) is 7.37. The van der Waals surface area contributed by atoms with Gasteiger partial charge in [-0.25, -0.2) is 0 Å². The van der Waals surface area contributed by atoms with Gasteiger partial charge in [-0.2, -0.15) is 4.98 Å². The highest BCUT2D eigenvalue weighted by Gasteiger charge is 2.11. The van der Waals surface area contributed by atoms with Crippen molar-refractivity contribution in [3.8, 4) is 10.7 Å². The molecular formula is C14H12N4O3S. The number of anilines is 1. The SMILES string of the molecule is Cc1ccc([N+](=O)[O-])cc1NCc1nc(-c2cccs2)no1. The number of rotatable bonds is 5. The van der Waals surface area contributed by atoms with Crippen LogP contribution in [0.4, 0.5) is 11.4 Å². The number of aryl methyl sites for hydroxylation is 1. The average molecular weight is 316 g/mol. The number of aromatic nitrogens is 2. The molecule has 0 spiro atoms. The molecular weight excluding hydrogens is 304 g/mol. The topological polar surface area (TPSA) is 94.1 Å². The summed E-state index contributed by atoms with van der Waals surface area (Å²) in [6.07, 6.45) is 0. The molecule has 0 amide bonds. The first kappa shape index (κ1) is 14.2. The van der Waals surface area contributed by atoms with E-state index in [-0.39, 0.29) is 5.69 Å². The van der Waals surface area contributed by atoms with Crippen molar-refractivity contribution < 1.29 is 9.45 Å². The predicted octanol–water partition coefficient (Wildman–Crippen LogP) is 3.63. The number of benzene rings is 1. The Bertz CT molecular complexity index is 798. The molecule has 0 aliphatic carbocycles. The van der Waals surface area contributed by atoms with E-state index in [9.17, 15) is 10.1 Å². The second-order valence-corrected chi connectivity index (χ2v) is 5.55. The fraction of sp³-hybridized carbons (Fsp3) is 0.143. The summed E-state index contributed by atoms with van der Waals surface area (Å²) in [5.41, 5.74) is 1.62. The second-order valence-electron chi connectivity index (χ2n) is 4.60. The van der Waals surface area contributed by atoms with Gasteiger partial charge in [0.25, 0.3) is 5.69 Å². The van der Waals surface area contributed by atoms with Crippen molar-refractivity contribution in [3.05, 3.63) is 57.3 Å². The summed E-state index contributed by atoms with van der Waals surface area (Å²) in [5.74, 6) is 0.969. The number of hydrogen-bond acceptors (Lipinski definition) is 7. The summed E-state index contributed by atoms with van der Waals surface area (Å²) in [6.45, 7) is 2.18. The van der Waals surface area contributed by atoms with Crippen LogP contribution in [0.3, 0.4) is 0 Å². The van der Waals surface area contributed by atoms with Gasteiger partial charge in [-0.3, -0.25) is 10.1 Å². The molecule has 1 N–H and O–H groups in total. The smallest absolute Gasteiger partial charge is 0.271 e. The van der Waals surface area contributed by atoms with E-state index < -0.39 is 4.92 Å². The van der Waals surface area contributed by atoms with Gasteiger partial charge in [0.2, 0.25) is 11.7 Å². The molecule has 0 atom stereocenters. The summed E-state index contributed by atoms with van der Waals surface area (Å²) in [5, 5.41) is 19.8. The monoisotopic (exact) mass is 316 g/mol. The van der Waals surface area contributed by atoms with Gasteiger partial charge in [0.15, 0.2) is 0 Å². The van der Waals surface area contributed by atoms with E-state index in [4.69, 9.17) is 4.52 Å². The van der Waals surface area contributed by atoms with Gasteiger partial charge in [0, 0.05) is 17.8 Å². The second kappa shape index (κ2) is 5.94. The van der Waals surface area contributed by atoms with Gasteiger partial charge < -0.3 is 9.84 Å². The lowest BCUT2D eigenvalue weighted by Crippen LogP contribution is -2.02. The maximum absolute atomic E-state index is 10.8. The summed E-state index contributed by atoms with van der Waals surface area (Å²) in [4.78, 5) is 15.6. The van der Waals surface area contributed by atoms with Crippen LogP contribution in [0.25, 0.3) is 10.7 Å². The fourth-order valence-electron chi connectivity index (χ4n) is 1.92. The predicted molar refractivity (Wildman–Crippen MR) is 82.8 cm³/mol. The van der Waals surface area contributed by atoms with Crippen LogP contribution in [-0.2, 0) is 6.54 Å². The van der Waals surface area contributed by atoms with Crippen molar-refractivity contribution in [3.63, 3.8) is 0 Å². The third kappa shape index (κ3) is 2.96. The number of nitro benzene ring substituents is 1. The third-order valence-corrected chi connectivity index (χ3v) is 3.94. The van der Waals surface area contributed by atoms with Gasteiger partial charge in [-0.05, 0) is 23.9 Å². The molecule has 8 heteroatoms. The first-order chi connectivity index (χ1) is 10.6. The van der Waals surface area contributed by atoms with Crippen LogP contribution in [-0.4, -0.2) is 15.1 Å². The Labute approximate surface area is 129 Å². The Morgan fingerprint density at radius 2 is 2.27 bits per heavy atom. The van der Waals surface area contributed by atoms with Gasteiger partial charge >= 0.3 is 0 Å². The number of nitro groups is 1. The average Bonchev–Trinajstić information content (AvgIpc) is 3.17. The lowest BCUT2D eigenvalue weighted by atomic mass is 10.2. The molecule has 112 valence electrons. The van der Waals surface area contributed by atoms with Crippen molar-refractivity contribution in [1.82, 2.24) is 10.1 Å². The normalized spacial score (nSPS) is 10.6. The molecule has 3 aromatic rings. The van der Waals surface area contributed by atoms with Gasteiger partial charge in [0.1, 0.15) is 0 Å². The Morgan fingerprint density at radius 3 is 3.00 bits per heavy atom. The zero-order chi connectivity index (χ0) is 15.5. The van der Waals surface area contributed by atoms with Crippen LogP contribution in [0.2, 0.25) is 0 Å². The lowest BCUT2D eigenvalue weighted by Gasteiger charge is -2.06. The maximum Gasteiger partial charge on any atom is 0.271 e. The van der Waals surface area contributed by atoms with Crippen molar-refractivity contribution in [2.75, 3.05) is 5.32 Å². The molecule has 2 heterocycles. The van der Waals surface area contributed by atoms with E-state index in [0.29, 0.717) is 23.9 Å². The zero-order valence-electron chi connectivity index (χ0n) is 11.6. The number of hydrogen-bond donors (Lipinski definition) is 1. The van der Waals surface area contributed by atoms with Crippen LogP contribution in [0.1, 0.15) is 11.5 Å². The Hall–Kier alpha value is -2.74. The molecule has 0 unspecified atom stereocenters. The largest absolute Gasteiger partial charge is 0.376 e. The molecule has 0 saturated heterocycles. The lowest BCUT2D eigenvalue weighted by molar-refractivity contribution is -0.384. The van der Waals surface area contributed by atoms with Crippen molar-refractivity contribution in [2.45, 2.75) is 13.5 Å². The first-order valence-electron chi connectivity index (χ1n) is 6.49. The standard InChI is InChI=1S/C14H12N4O3S/c1-9-4-5-10(18(19)20)7-11(9)15-8-13-16-14(17-21-13)12-3-2-6-22-12/h2-7,15H,8H2,1H3. The molecule has 3 rings (SSSR count). The number of non-ortho nitro benzene ring substituents is 1. The summed E-state index contributed by atoms with van der Waals surface area (Å²) in [7, 11) is 0. The van der Waals surface area contributed by atoms with E-state index in [1.807, 2.05) is 24.4 Å². The van der Waals surface area contributed by atoms with E-state index >= 15 is 0 Å². The van der Waals surface area contributed by atoms with Crippen LogP contribution in [0.5, 0.6) is 0 Å². The number of nitrogens with one attached hydrogen (secondary N) is 1. The van der Waals surface area contributed by atoms with Gasteiger partial charge in [-0.1, -0.05) is 17.3 Å². The van der Waals surface area contributed by atoms with E-state index in [2.05, 4.69) is 15.5 Å². The van der Waals surface area contributed by atoms with Crippen LogP contribution in [0, 0.1) is 17.0 Å². The van der Waals surface area contributed by atoms with Gasteiger partial charge in [-0.15, -0.1) is 11.3 Å². The van der Waals surface area contributed by atoms with E-state index in [0.717, 1.165) is 10.4 Å². The maximum atomic E-state index is 10.8. The number of thiophene rings is 1. The quantitative estimate of drug-likeness (QED) is 0.570. The van der Waals surface area contributed by atoms with Crippen LogP contribution >= 0.6 is 11.3 Å². The molecule has 1 aromatic carbocycles. The molecule has 0 bridgehead atoms. The minimum Gasteiger partial charge on any atom is -0.376 e.